The average Bonchev–Trinajstić information content (AvgIpc) is 2.78. The maximum atomic E-state index is 14.8. The molecular formula is C23H24F2N2O5S. The lowest BCUT2D eigenvalue weighted by molar-refractivity contribution is -0.163. The van der Waals surface area contributed by atoms with Crippen LogP contribution in [0.3, 0.4) is 0 Å². The first kappa shape index (κ1) is 23.2. The number of anilines is 1. The number of fused-ring (bicyclic) bond motifs is 1. The Balaban J connectivity index is 1.89. The van der Waals surface area contributed by atoms with Crippen molar-refractivity contribution in [3.05, 3.63) is 53.6 Å². The predicted octanol–water partition coefficient (Wildman–Crippen LogP) is 3.31. The molecule has 10 heteroatoms. The summed E-state index contributed by atoms with van der Waals surface area (Å²) in [5.74, 6) is -3.67. The molecule has 176 valence electrons. The van der Waals surface area contributed by atoms with Crippen molar-refractivity contribution in [1.82, 2.24) is 5.32 Å². The lowest BCUT2D eigenvalue weighted by atomic mass is 9.75. The first-order valence-corrected chi connectivity index (χ1v) is 10.9. The molecule has 4 rings (SSSR count). The van der Waals surface area contributed by atoms with Gasteiger partial charge >= 0.3 is 5.97 Å². The highest BCUT2D eigenvalue weighted by Gasteiger charge is 2.59. The Morgan fingerprint density at radius 1 is 1.21 bits per heavy atom. The number of ether oxygens (including phenoxy) is 3. The normalized spacial score (nSPS) is 24.5. The largest absolute Gasteiger partial charge is 0.486 e. The second kappa shape index (κ2) is 8.75. The third-order valence-corrected chi connectivity index (χ3v) is 6.33. The van der Waals surface area contributed by atoms with Crippen molar-refractivity contribution in [3.63, 3.8) is 0 Å². The highest BCUT2D eigenvalue weighted by Crippen LogP contribution is 2.47. The molecule has 2 aliphatic heterocycles. The number of methoxy groups -OCH3 is 1. The van der Waals surface area contributed by atoms with Gasteiger partial charge in [-0.15, -0.1) is 0 Å². The molecule has 1 fully saturated rings. The summed E-state index contributed by atoms with van der Waals surface area (Å²) in [6, 6.07) is 7.04. The molecule has 2 N–H and O–H groups in total. The Kier molecular flexibility index (Phi) is 6.15. The summed E-state index contributed by atoms with van der Waals surface area (Å²) in [6.45, 7) is 4.13. The zero-order valence-electron chi connectivity index (χ0n) is 18.3. The fourth-order valence-electron chi connectivity index (χ4n) is 4.42. The maximum Gasteiger partial charge on any atom is 0.316 e. The minimum absolute atomic E-state index is 0.0179. The zero-order chi connectivity index (χ0) is 23.9. The number of nitrogens with zero attached hydrogens (tertiary/aromatic N) is 1. The Morgan fingerprint density at radius 2 is 1.85 bits per heavy atom. The molecule has 0 aromatic heterocycles. The Morgan fingerprint density at radius 3 is 2.45 bits per heavy atom. The number of rotatable bonds is 4. The number of aliphatic hydroxyl groups is 1. The van der Waals surface area contributed by atoms with Gasteiger partial charge in [0.2, 0.25) is 0 Å². The van der Waals surface area contributed by atoms with E-state index in [-0.39, 0.29) is 5.11 Å². The summed E-state index contributed by atoms with van der Waals surface area (Å²) in [6.07, 6.45) is 0. The second-order valence-corrected chi connectivity index (χ2v) is 8.55. The number of carbonyl (C=O) groups is 1. The zero-order valence-corrected chi connectivity index (χ0v) is 19.1. The van der Waals surface area contributed by atoms with Crippen LogP contribution < -0.4 is 19.7 Å². The number of nitrogens with one attached hydrogen (secondary N) is 1. The van der Waals surface area contributed by atoms with E-state index in [1.165, 1.54) is 11.0 Å². The summed E-state index contributed by atoms with van der Waals surface area (Å²) in [5, 5.41) is 14.9. The predicted molar refractivity (Wildman–Crippen MR) is 120 cm³/mol. The van der Waals surface area contributed by atoms with Crippen molar-refractivity contribution in [2.24, 2.45) is 11.8 Å². The molecule has 2 aromatic rings. The van der Waals surface area contributed by atoms with E-state index in [0.717, 1.165) is 19.2 Å². The molecule has 1 saturated heterocycles. The first-order chi connectivity index (χ1) is 15.7. The molecular weight excluding hydrogens is 454 g/mol. The van der Waals surface area contributed by atoms with Crippen molar-refractivity contribution < 1.29 is 32.9 Å². The van der Waals surface area contributed by atoms with Crippen LogP contribution in [0.4, 0.5) is 14.5 Å². The third-order valence-electron chi connectivity index (χ3n) is 6.03. The van der Waals surface area contributed by atoms with Crippen LogP contribution in [0, 0.1) is 23.5 Å². The maximum absolute atomic E-state index is 14.8. The lowest BCUT2D eigenvalue weighted by Crippen LogP contribution is -2.71. The minimum atomic E-state index is -2.00. The summed E-state index contributed by atoms with van der Waals surface area (Å²) in [4.78, 5) is 14.4. The van der Waals surface area contributed by atoms with E-state index in [2.05, 4.69) is 5.32 Å². The van der Waals surface area contributed by atoms with E-state index >= 15 is 0 Å². The first-order valence-electron chi connectivity index (χ1n) is 10.4. The lowest BCUT2D eigenvalue weighted by Gasteiger charge is -2.53. The van der Waals surface area contributed by atoms with Crippen molar-refractivity contribution in [3.8, 4) is 11.5 Å². The molecule has 2 heterocycles. The molecule has 0 bridgehead atoms. The monoisotopic (exact) mass is 478 g/mol. The second-order valence-electron chi connectivity index (χ2n) is 8.16. The Labute approximate surface area is 195 Å². The van der Waals surface area contributed by atoms with Gasteiger partial charge in [-0.2, -0.15) is 0 Å². The number of esters is 1. The van der Waals surface area contributed by atoms with E-state index < -0.39 is 46.8 Å². The van der Waals surface area contributed by atoms with Gasteiger partial charge in [0, 0.05) is 17.5 Å². The molecule has 3 atom stereocenters. The van der Waals surface area contributed by atoms with Gasteiger partial charge in [-0.1, -0.05) is 19.9 Å². The standard InChI is InChI=1S/C23H24F2N2O5S/c1-12(2)23(29)19(21(28)30-3)20(18-14(24)5-4-6-15(18)25)26-22(33)27(23)13-7-8-16-17(11-13)32-10-9-31-16/h4-8,11-12,19-20,29H,9-10H2,1-3H3,(H,26,33)/t19-,20+,23+/m0/s1. The van der Waals surface area contributed by atoms with Crippen LogP contribution in [-0.2, 0) is 9.53 Å². The van der Waals surface area contributed by atoms with Crippen LogP contribution in [-0.4, -0.2) is 42.2 Å². The molecule has 7 nitrogen and oxygen atoms in total. The molecule has 2 aliphatic rings. The van der Waals surface area contributed by atoms with Crippen molar-refractivity contribution >= 4 is 29.0 Å². The van der Waals surface area contributed by atoms with E-state index in [4.69, 9.17) is 26.4 Å². The van der Waals surface area contributed by atoms with Gasteiger partial charge < -0.3 is 24.6 Å². The van der Waals surface area contributed by atoms with Crippen molar-refractivity contribution in [2.75, 3.05) is 25.2 Å². The smallest absolute Gasteiger partial charge is 0.316 e. The Hall–Kier alpha value is -2.98. The summed E-state index contributed by atoms with van der Waals surface area (Å²) in [7, 11) is 1.15. The Bertz CT molecular complexity index is 1080. The molecule has 0 saturated carbocycles. The molecule has 0 radical (unpaired) electrons. The molecule has 0 amide bonds. The molecule has 0 unspecified atom stereocenters. The SMILES string of the molecule is COC(=O)[C@@H]1[C@@H](c2c(F)cccc2F)NC(=S)N(c2ccc3c(c2)OCCO3)[C@@]1(O)C(C)C. The quantitative estimate of drug-likeness (QED) is 0.512. The third kappa shape index (κ3) is 3.76. The number of halogens is 2. The average molecular weight is 479 g/mol. The number of hydrogen-bond acceptors (Lipinski definition) is 6. The highest BCUT2D eigenvalue weighted by molar-refractivity contribution is 7.80. The number of thiocarbonyl (C=S) groups is 1. The van der Waals surface area contributed by atoms with E-state index in [9.17, 15) is 18.7 Å². The van der Waals surface area contributed by atoms with Crippen molar-refractivity contribution in [2.45, 2.75) is 25.6 Å². The van der Waals surface area contributed by atoms with Gasteiger partial charge in [-0.3, -0.25) is 9.69 Å². The minimum Gasteiger partial charge on any atom is -0.486 e. The molecule has 2 aromatic carbocycles. The summed E-state index contributed by atoms with van der Waals surface area (Å²) >= 11 is 5.56. The highest BCUT2D eigenvalue weighted by atomic mass is 32.1. The van der Waals surface area contributed by atoms with Gasteiger partial charge in [0.05, 0.1) is 18.8 Å². The van der Waals surface area contributed by atoms with Gasteiger partial charge in [0.25, 0.3) is 0 Å². The van der Waals surface area contributed by atoms with Crippen molar-refractivity contribution in [1.29, 1.82) is 0 Å². The van der Waals surface area contributed by atoms with Gasteiger partial charge in [-0.25, -0.2) is 8.78 Å². The number of carbonyl (C=O) groups excluding carboxylic acids is 1. The van der Waals surface area contributed by atoms with Crippen LogP contribution in [0.5, 0.6) is 11.5 Å². The van der Waals surface area contributed by atoms with Crippen LogP contribution in [0.1, 0.15) is 25.5 Å². The van der Waals surface area contributed by atoms with Gasteiger partial charge in [0.1, 0.15) is 30.8 Å². The van der Waals surface area contributed by atoms with Crippen LogP contribution >= 0.6 is 12.2 Å². The van der Waals surface area contributed by atoms with Gasteiger partial charge in [0.15, 0.2) is 22.3 Å². The summed E-state index contributed by atoms with van der Waals surface area (Å²) < 4.78 is 45.7. The topological polar surface area (TPSA) is 80.3 Å². The fraction of sp³-hybridized carbons (Fsp3) is 0.391. The number of benzene rings is 2. The van der Waals surface area contributed by atoms with E-state index in [1.54, 1.807) is 32.0 Å². The molecule has 0 aliphatic carbocycles. The van der Waals surface area contributed by atoms with Crippen LogP contribution in [0.15, 0.2) is 36.4 Å². The fourth-order valence-corrected chi connectivity index (χ4v) is 4.80. The van der Waals surface area contributed by atoms with Crippen LogP contribution in [0.25, 0.3) is 0 Å². The van der Waals surface area contributed by atoms with E-state index in [0.29, 0.717) is 30.4 Å². The number of hydrogen-bond donors (Lipinski definition) is 2. The molecule has 33 heavy (non-hydrogen) atoms. The summed E-state index contributed by atoms with van der Waals surface area (Å²) in [5.41, 5.74) is -2.00. The van der Waals surface area contributed by atoms with E-state index in [1.807, 2.05) is 0 Å². The van der Waals surface area contributed by atoms with Gasteiger partial charge in [-0.05, 0) is 36.5 Å². The van der Waals surface area contributed by atoms with Crippen LogP contribution in [0.2, 0.25) is 0 Å². The molecule has 0 spiro atoms.